The number of hydrogen-bond donors (Lipinski definition) is 3. The van der Waals surface area contributed by atoms with Crippen LogP contribution in [-0.4, -0.2) is 50.5 Å². The number of aliphatic hydroxyl groups excluding tert-OH is 1. The van der Waals surface area contributed by atoms with E-state index in [0.29, 0.717) is 12.2 Å². The second kappa shape index (κ2) is 7.53. The average molecular weight is 356 g/mol. The normalized spacial score (nSPS) is 24.1. The van der Waals surface area contributed by atoms with Gasteiger partial charge in [-0.05, 0) is 18.4 Å². The van der Waals surface area contributed by atoms with Crippen molar-refractivity contribution in [3.63, 3.8) is 0 Å². The molecule has 2 aliphatic rings. The summed E-state index contributed by atoms with van der Waals surface area (Å²) < 4.78 is 1.82. The summed E-state index contributed by atoms with van der Waals surface area (Å²) in [5, 5.41) is 17.2. The molecule has 8 heteroatoms. The molecular formula is C18H24N6O2. The number of likely N-dealkylation sites (tertiary alicyclic amines) is 1. The maximum Gasteiger partial charge on any atom is 0.229 e. The molecule has 1 aromatic carbocycles. The number of hydrazine groups is 1. The van der Waals surface area contributed by atoms with Gasteiger partial charge in [0.1, 0.15) is 5.69 Å². The fraction of sp³-hybridized carbons (Fsp3) is 0.500. The summed E-state index contributed by atoms with van der Waals surface area (Å²) in [5.74, 6) is 0.103. The highest BCUT2D eigenvalue weighted by molar-refractivity contribution is 5.80. The van der Waals surface area contributed by atoms with Gasteiger partial charge in [-0.2, -0.15) is 0 Å². The summed E-state index contributed by atoms with van der Waals surface area (Å²) in [6.45, 7) is 1.98. The zero-order valence-corrected chi connectivity index (χ0v) is 14.6. The molecule has 2 fully saturated rings. The second-order valence-corrected chi connectivity index (χ2v) is 6.92. The van der Waals surface area contributed by atoms with E-state index in [1.807, 2.05) is 27.8 Å². The van der Waals surface area contributed by atoms with Crippen LogP contribution in [0, 0.1) is 5.92 Å². The monoisotopic (exact) mass is 356 g/mol. The molecule has 3 N–H and O–H groups in total. The van der Waals surface area contributed by atoms with Crippen LogP contribution in [0.15, 0.2) is 36.5 Å². The van der Waals surface area contributed by atoms with E-state index in [4.69, 9.17) is 5.11 Å². The molecule has 0 aliphatic carbocycles. The predicted molar refractivity (Wildman–Crippen MR) is 94.6 cm³/mol. The van der Waals surface area contributed by atoms with E-state index < -0.39 is 0 Å². The summed E-state index contributed by atoms with van der Waals surface area (Å²) in [5.41, 5.74) is 8.09. The molecule has 2 aromatic rings. The Bertz CT molecular complexity index is 741. The van der Waals surface area contributed by atoms with E-state index in [-0.39, 0.29) is 30.5 Å². The van der Waals surface area contributed by atoms with Crippen LogP contribution in [0.3, 0.4) is 0 Å². The number of carbonyl (C=O) groups is 1. The zero-order chi connectivity index (χ0) is 17.9. The van der Waals surface area contributed by atoms with E-state index in [1.54, 1.807) is 6.20 Å². The Labute approximate surface area is 152 Å². The molecule has 138 valence electrons. The van der Waals surface area contributed by atoms with Crippen molar-refractivity contribution in [3.8, 4) is 0 Å². The minimum atomic E-state index is -0.0973. The van der Waals surface area contributed by atoms with E-state index in [0.717, 1.165) is 31.5 Å². The van der Waals surface area contributed by atoms with Gasteiger partial charge in [-0.25, -0.2) is 10.1 Å². The van der Waals surface area contributed by atoms with Crippen LogP contribution in [0.5, 0.6) is 0 Å². The maximum atomic E-state index is 13.1. The first-order valence-corrected chi connectivity index (χ1v) is 9.10. The van der Waals surface area contributed by atoms with Crippen LogP contribution in [-0.2, 0) is 11.4 Å². The van der Waals surface area contributed by atoms with Crippen LogP contribution in [0.2, 0.25) is 0 Å². The van der Waals surface area contributed by atoms with Crippen molar-refractivity contribution < 1.29 is 9.90 Å². The highest BCUT2D eigenvalue weighted by atomic mass is 16.3. The molecule has 0 spiro atoms. The quantitative estimate of drug-likeness (QED) is 0.734. The topological polar surface area (TPSA) is 95.3 Å². The van der Waals surface area contributed by atoms with Gasteiger partial charge in [0.25, 0.3) is 0 Å². The van der Waals surface area contributed by atoms with Crippen molar-refractivity contribution in [1.82, 2.24) is 30.7 Å². The van der Waals surface area contributed by atoms with Crippen molar-refractivity contribution in [2.45, 2.75) is 31.5 Å². The van der Waals surface area contributed by atoms with Gasteiger partial charge in [-0.1, -0.05) is 35.5 Å². The molecular weight excluding hydrogens is 332 g/mol. The Morgan fingerprint density at radius 1 is 1.23 bits per heavy atom. The first kappa shape index (κ1) is 17.1. The third-order valence-electron chi connectivity index (χ3n) is 5.33. The van der Waals surface area contributed by atoms with Gasteiger partial charge in [0.2, 0.25) is 5.91 Å². The summed E-state index contributed by atoms with van der Waals surface area (Å²) in [6.07, 6.45) is 3.49. The SMILES string of the molecule is O=C(C1CNNC1c1ccccc1)N1CCC(n2cc(CO)nn2)CC1. The molecule has 0 radical (unpaired) electrons. The smallest absolute Gasteiger partial charge is 0.229 e. The summed E-state index contributed by atoms with van der Waals surface area (Å²) in [6, 6.07) is 10.3. The fourth-order valence-corrected chi connectivity index (χ4v) is 3.85. The van der Waals surface area contributed by atoms with Crippen molar-refractivity contribution in [1.29, 1.82) is 0 Å². The first-order chi connectivity index (χ1) is 12.8. The third-order valence-corrected chi connectivity index (χ3v) is 5.33. The van der Waals surface area contributed by atoms with Gasteiger partial charge in [0.15, 0.2) is 0 Å². The molecule has 8 nitrogen and oxygen atoms in total. The minimum absolute atomic E-state index is 0.00357. The number of amides is 1. The van der Waals surface area contributed by atoms with Gasteiger partial charge < -0.3 is 10.0 Å². The largest absolute Gasteiger partial charge is 0.390 e. The van der Waals surface area contributed by atoms with Crippen molar-refractivity contribution in [2.24, 2.45) is 5.92 Å². The second-order valence-electron chi connectivity index (χ2n) is 6.92. The Hall–Kier alpha value is -2.29. The Morgan fingerprint density at radius 3 is 2.69 bits per heavy atom. The van der Waals surface area contributed by atoms with Crippen molar-refractivity contribution in [3.05, 3.63) is 47.8 Å². The number of piperidine rings is 1. The van der Waals surface area contributed by atoms with E-state index in [9.17, 15) is 4.79 Å². The average Bonchev–Trinajstić information content (AvgIpc) is 3.38. The van der Waals surface area contributed by atoms with Crippen LogP contribution < -0.4 is 10.9 Å². The number of rotatable bonds is 4. The molecule has 4 rings (SSSR count). The zero-order valence-electron chi connectivity index (χ0n) is 14.6. The molecule has 1 aromatic heterocycles. The molecule has 26 heavy (non-hydrogen) atoms. The van der Waals surface area contributed by atoms with Crippen LogP contribution in [0.1, 0.15) is 36.2 Å². The third kappa shape index (κ3) is 3.35. The standard InChI is InChI=1S/C18H24N6O2/c25-12-14-11-24(22-20-14)15-6-8-23(9-7-15)18(26)16-10-19-21-17(16)13-4-2-1-3-5-13/h1-5,11,15-17,19,21,25H,6-10,12H2. The van der Waals surface area contributed by atoms with Crippen LogP contribution in [0.25, 0.3) is 0 Å². The number of benzene rings is 1. The fourth-order valence-electron chi connectivity index (χ4n) is 3.85. The van der Waals surface area contributed by atoms with Crippen LogP contribution >= 0.6 is 0 Å². The molecule has 2 atom stereocenters. The molecule has 2 aliphatic heterocycles. The summed E-state index contributed by atoms with van der Waals surface area (Å²) in [4.78, 5) is 15.0. The van der Waals surface area contributed by atoms with E-state index in [1.165, 1.54) is 0 Å². The molecule has 1 amide bonds. The van der Waals surface area contributed by atoms with Crippen molar-refractivity contribution >= 4 is 5.91 Å². The lowest BCUT2D eigenvalue weighted by Gasteiger charge is -2.34. The Morgan fingerprint density at radius 2 is 2.00 bits per heavy atom. The molecule has 2 saturated heterocycles. The molecule has 0 bridgehead atoms. The maximum absolute atomic E-state index is 13.1. The minimum Gasteiger partial charge on any atom is -0.390 e. The molecule has 3 heterocycles. The number of carbonyl (C=O) groups excluding carboxylic acids is 1. The first-order valence-electron chi connectivity index (χ1n) is 9.10. The lowest BCUT2D eigenvalue weighted by Crippen LogP contribution is -2.44. The lowest BCUT2D eigenvalue weighted by atomic mass is 9.92. The number of hydrogen-bond acceptors (Lipinski definition) is 6. The Balaban J connectivity index is 1.38. The molecule has 0 saturated carbocycles. The highest BCUT2D eigenvalue weighted by Gasteiger charge is 2.37. The van der Waals surface area contributed by atoms with Gasteiger partial charge in [-0.3, -0.25) is 10.2 Å². The van der Waals surface area contributed by atoms with Crippen LogP contribution in [0.4, 0.5) is 0 Å². The number of nitrogens with zero attached hydrogens (tertiary/aromatic N) is 4. The number of aromatic nitrogens is 3. The predicted octanol–water partition coefficient (Wildman–Crippen LogP) is 0.399. The highest BCUT2D eigenvalue weighted by Crippen LogP contribution is 2.29. The van der Waals surface area contributed by atoms with E-state index >= 15 is 0 Å². The van der Waals surface area contributed by atoms with Gasteiger partial charge in [-0.15, -0.1) is 5.10 Å². The Kier molecular flexibility index (Phi) is 4.96. The lowest BCUT2D eigenvalue weighted by molar-refractivity contribution is -0.136. The summed E-state index contributed by atoms with van der Waals surface area (Å²) in [7, 11) is 0. The van der Waals surface area contributed by atoms with E-state index in [2.05, 4.69) is 33.3 Å². The van der Waals surface area contributed by atoms with Gasteiger partial charge >= 0.3 is 0 Å². The molecule has 2 unspecified atom stereocenters. The number of aliphatic hydroxyl groups is 1. The van der Waals surface area contributed by atoms with Gasteiger partial charge in [0, 0.05) is 19.6 Å². The van der Waals surface area contributed by atoms with Crippen molar-refractivity contribution in [2.75, 3.05) is 19.6 Å². The van der Waals surface area contributed by atoms with Gasteiger partial charge in [0.05, 0.1) is 30.8 Å². The summed E-state index contributed by atoms with van der Waals surface area (Å²) >= 11 is 0. The number of nitrogens with one attached hydrogen (secondary N) is 2.